The molecule has 6 unspecified atom stereocenters. The molecular weight excluding hydrogens is 1240 g/mol. The van der Waals surface area contributed by atoms with Crippen molar-refractivity contribution in [2.45, 2.75) is 76.1 Å². The molecule has 27 heteroatoms. The third kappa shape index (κ3) is 22.0. The van der Waals surface area contributed by atoms with Crippen LogP contribution in [-0.4, -0.2) is 137 Å². The minimum Gasteiger partial charge on any atom is -0.747 e. The van der Waals surface area contributed by atoms with Crippen molar-refractivity contribution in [2.24, 2.45) is 17.8 Å². The van der Waals surface area contributed by atoms with Crippen LogP contribution in [-0.2, 0) is 66.3 Å². The number of halogens is 3. The zero-order chi connectivity index (χ0) is 64.5. The van der Waals surface area contributed by atoms with Crippen LogP contribution in [0.1, 0.15) is 90.2 Å². The Morgan fingerprint density at radius 2 is 0.644 bits per heavy atom. The maximum atomic E-state index is 13.0. The summed E-state index contributed by atoms with van der Waals surface area (Å²) in [6.07, 6.45) is 5.05. The van der Waals surface area contributed by atoms with Crippen molar-refractivity contribution >= 4 is 34.1 Å². The fraction of sp³-hybridized carbons (Fsp3) is 0.429. The van der Waals surface area contributed by atoms with Gasteiger partial charge >= 0.3 is 0 Å². The molecule has 3 N–H and O–H groups in total. The molecule has 3 aliphatic heterocycles. The number of hydrogen-bond donors (Lipinski definition) is 3. The molecule has 0 aliphatic carbocycles. The summed E-state index contributed by atoms with van der Waals surface area (Å²) in [6.45, 7) is 7.72. The Labute approximate surface area is 529 Å². The second-order valence-corrected chi connectivity index (χ2v) is 23.3. The molecule has 0 aromatic heterocycles. The molecule has 6 atom stereocenters. The first-order valence-corrected chi connectivity index (χ1v) is 32.2. The zero-order valence-corrected chi connectivity index (χ0v) is 52.4. The molecule has 3 saturated heterocycles. The quantitative estimate of drug-likeness (QED) is 0.0247. The summed E-state index contributed by atoms with van der Waals surface area (Å²) in [7, 11) is 4.26. The minimum absolute atomic E-state index is 0.0331. The summed E-state index contributed by atoms with van der Waals surface area (Å²) in [6, 6.07) is 34.3. The first-order chi connectivity index (χ1) is 43.4. The lowest BCUT2D eigenvalue weighted by Gasteiger charge is -2.34. The van der Waals surface area contributed by atoms with Crippen molar-refractivity contribution < 1.29 is 96.7 Å². The van der Waals surface area contributed by atoms with E-state index in [0.717, 1.165) is 133 Å². The van der Waals surface area contributed by atoms with E-state index in [0.29, 0.717) is 16.7 Å². The number of methoxy groups -OCH3 is 3. The predicted molar refractivity (Wildman–Crippen MR) is 324 cm³/mol. The molecule has 3 heterocycles. The first kappa shape index (κ1) is 71.3. The Bertz CT molecular complexity index is 2860. The van der Waals surface area contributed by atoms with Gasteiger partial charge in [0.15, 0.2) is 17.2 Å². The second kappa shape index (κ2) is 36.8. The molecule has 0 saturated carbocycles. The molecule has 0 amide bonds. The fourth-order valence-electron chi connectivity index (χ4n) is 11.4. The summed E-state index contributed by atoms with van der Waals surface area (Å²) in [5, 5.41) is 32.8. The number of hydrogen-bond acceptors (Lipinski definition) is 21. The minimum atomic E-state index is -2.83. The Balaban J connectivity index is 0.000000192. The highest BCUT2D eigenvalue weighted by Gasteiger charge is 2.32. The van der Waals surface area contributed by atoms with E-state index in [-0.39, 0.29) is 69.7 Å². The molecule has 492 valence electrons. The highest BCUT2D eigenvalue weighted by atomic mass is 32.2. The molecule has 90 heavy (non-hydrogen) atoms. The summed E-state index contributed by atoms with van der Waals surface area (Å²) in [5.74, 6) is 0.378. The van der Waals surface area contributed by atoms with Gasteiger partial charge in [-0.1, -0.05) is 85.8 Å². The Hall–Kier alpha value is -6.12. The molecular formula is C63H75F3N3O18S3-3. The van der Waals surface area contributed by atoms with Crippen LogP contribution in [0.4, 0.5) is 13.2 Å². The van der Waals surface area contributed by atoms with E-state index in [1.807, 2.05) is 0 Å². The van der Waals surface area contributed by atoms with Crippen LogP contribution in [0.5, 0.6) is 34.5 Å². The fourth-order valence-corrected chi connectivity index (χ4v) is 11.8. The SMILES string of the molecule is COc1c(OOS(=O)[O-])cccc1C(O)C1CCN(CCc2ccc(F)cc2)CC1.COc1c(OOS(=O)[O-])cccc1C(O)C1CCN(CCc2ccc(F)cc2)CC1.COc1c(OOS(=O)[O-])cccc1C(O)C1CCN(CCc2ccc(F)cc2)CC1. The van der Waals surface area contributed by atoms with Crippen molar-refractivity contribution in [1.82, 2.24) is 14.7 Å². The monoisotopic (exact) mass is 1310 g/mol. The van der Waals surface area contributed by atoms with Gasteiger partial charge in [0.25, 0.3) is 0 Å². The Morgan fingerprint density at radius 3 is 0.856 bits per heavy atom. The standard InChI is InChI=1S/3C21H26FNO6S/c3*1-27-21-18(3-2-4-19(21)28-29-30(25)26)20(24)16-10-13-23(14-11-16)12-9-15-5-7-17(22)8-6-15/h3*2-8,16,20,24H,9-14H2,1H3,(H,25,26)/p-3. The molecule has 3 fully saturated rings. The van der Waals surface area contributed by atoms with Gasteiger partial charge in [-0.05, 0) is 186 Å². The van der Waals surface area contributed by atoms with Crippen molar-refractivity contribution in [3.63, 3.8) is 0 Å². The number of benzene rings is 6. The van der Waals surface area contributed by atoms with Gasteiger partial charge < -0.3 is 72.6 Å². The highest BCUT2D eigenvalue weighted by Crippen LogP contribution is 2.43. The molecule has 3 aliphatic rings. The van der Waals surface area contributed by atoms with E-state index in [1.165, 1.54) is 75.9 Å². The molecule has 6 aromatic rings. The lowest BCUT2D eigenvalue weighted by atomic mass is 9.87. The zero-order valence-electron chi connectivity index (χ0n) is 50.0. The molecule has 0 spiro atoms. The van der Waals surface area contributed by atoms with E-state index in [9.17, 15) is 54.8 Å². The molecule has 9 rings (SSSR count). The van der Waals surface area contributed by atoms with E-state index < -0.39 is 52.4 Å². The van der Waals surface area contributed by atoms with Gasteiger partial charge in [-0.3, -0.25) is 0 Å². The van der Waals surface area contributed by atoms with Crippen molar-refractivity contribution in [3.05, 3.63) is 178 Å². The van der Waals surface area contributed by atoms with Gasteiger partial charge in [-0.15, -0.1) is 0 Å². The second-order valence-electron chi connectivity index (χ2n) is 21.7. The van der Waals surface area contributed by atoms with Crippen LogP contribution < -0.4 is 28.9 Å². The van der Waals surface area contributed by atoms with Gasteiger partial charge in [0, 0.05) is 36.3 Å². The average Bonchev–Trinajstić information content (AvgIpc) is 1.30. The maximum Gasteiger partial charge on any atom is 0.208 e. The molecule has 6 aromatic carbocycles. The van der Waals surface area contributed by atoms with Gasteiger partial charge in [-0.25, -0.2) is 25.8 Å². The van der Waals surface area contributed by atoms with Crippen molar-refractivity contribution in [3.8, 4) is 34.5 Å². The predicted octanol–water partition coefficient (Wildman–Crippen LogP) is 8.78. The topological polar surface area (TPSA) is 274 Å². The van der Waals surface area contributed by atoms with Crippen LogP contribution in [0.3, 0.4) is 0 Å². The number of piperidine rings is 3. The largest absolute Gasteiger partial charge is 0.747 e. The summed E-state index contributed by atoms with van der Waals surface area (Å²) >= 11 is -8.50. The number of rotatable bonds is 27. The normalized spacial score (nSPS) is 17.5. The Kier molecular flexibility index (Phi) is 29.2. The van der Waals surface area contributed by atoms with Crippen molar-refractivity contribution in [1.29, 1.82) is 0 Å². The average molecular weight is 1320 g/mol. The number of ether oxygens (including phenoxy) is 3. The highest BCUT2D eigenvalue weighted by molar-refractivity contribution is 7.74. The number of aliphatic hydroxyl groups is 3. The van der Waals surface area contributed by atoms with E-state index in [2.05, 4.69) is 27.7 Å². The van der Waals surface area contributed by atoms with E-state index >= 15 is 0 Å². The van der Waals surface area contributed by atoms with Crippen LogP contribution in [0.2, 0.25) is 0 Å². The summed E-state index contributed by atoms with van der Waals surface area (Å²) in [5.41, 5.74) is 4.88. The first-order valence-electron chi connectivity index (χ1n) is 29.2. The van der Waals surface area contributed by atoms with E-state index in [1.54, 1.807) is 72.8 Å². The van der Waals surface area contributed by atoms with Crippen LogP contribution in [0, 0.1) is 35.2 Å². The third-order valence-electron chi connectivity index (χ3n) is 16.3. The van der Waals surface area contributed by atoms with Gasteiger partial charge in [0.05, 0.1) is 39.6 Å². The molecule has 21 nitrogen and oxygen atoms in total. The molecule has 0 bridgehead atoms. The lowest BCUT2D eigenvalue weighted by molar-refractivity contribution is -0.0966. The number of likely N-dealkylation sites (tertiary alicyclic amines) is 3. The van der Waals surface area contributed by atoms with Crippen molar-refractivity contribution in [2.75, 3.05) is 80.2 Å². The number of nitrogens with zero attached hydrogens (tertiary/aromatic N) is 3. The van der Waals surface area contributed by atoms with Gasteiger partial charge in [0.1, 0.15) is 51.5 Å². The number of aliphatic hydroxyl groups excluding tert-OH is 3. The number of para-hydroxylation sites is 3. The van der Waals surface area contributed by atoms with Gasteiger partial charge in [0.2, 0.25) is 17.2 Å². The summed E-state index contributed by atoms with van der Waals surface area (Å²) in [4.78, 5) is 21.4. The smallest absolute Gasteiger partial charge is 0.208 e. The Morgan fingerprint density at radius 1 is 0.411 bits per heavy atom. The molecule has 0 radical (unpaired) electrons. The van der Waals surface area contributed by atoms with Crippen LogP contribution in [0.25, 0.3) is 0 Å². The summed E-state index contributed by atoms with van der Waals surface area (Å²) < 4.78 is 131. The van der Waals surface area contributed by atoms with Gasteiger partial charge in [-0.2, -0.15) is 0 Å². The van der Waals surface area contributed by atoms with Crippen LogP contribution in [0.15, 0.2) is 127 Å². The lowest BCUT2D eigenvalue weighted by Crippen LogP contribution is -2.36. The van der Waals surface area contributed by atoms with Crippen LogP contribution >= 0.6 is 0 Å². The third-order valence-corrected chi connectivity index (χ3v) is 16.8. The maximum absolute atomic E-state index is 13.0. The van der Waals surface area contributed by atoms with E-state index in [4.69, 9.17) is 28.9 Å².